The zero-order valence-corrected chi connectivity index (χ0v) is 19.5. The van der Waals surface area contributed by atoms with E-state index in [2.05, 4.69) is 15.3 Å². The number of hydrogen-bond acceptors (Lipinski definition) is 7. The Morgan fingerprint density at radius 3 is 2.85 bits per heavy atom. The first-order valence-corrected chi connectivity index (χ1v) is 11.6. The van der Waals surface area contributed by atoms with Crippen molar-refractivity contribution in [3.8, 4) is 11.5 Å². The van der Waals surface area contributed by atoms with Crippen molar-refractivity contribution in [1.29, 1.82) is 0 Å². The maximum Gasteiger partial charge on any atom is 0.255 e. The summed E-state index contributed by atoms with van der Waals surface area (Å²) in [4.78, 5) is 34.6. The summed E-state index contributed by atoms with van der Waals surface area (Å²) in [6, 6.07) is 3.96. The molecule has 33 heavy (non-hydrogen) atoms. The van der Waals surface area contributed by atoms with E-state index in [1.54, 1.807) is 0 Å². The number of amides is 1. The van der Waals surface area contributed by atoms with Gasteiger partial charge in [0.05, 0.1) is 19.8 Å². The number of hydrogen-bond donors (Lipinski definition) is 2. The molecule has 4 rings (SSSR count). The van der Waals surface area contributed by atoms with Crippen molar-refractivity contribution in [2.24, 2.45) is 0 Å². The monoisotopic (exact) mass is 456 g/mol. The summed E-state index contributed by atoms with van der Waals surface area (Å²) < 4.78 is 17.0. The summed E-state index contributed by atoms with van der Waals surface area (Å²) in [6.07, 6.45) is 1.52. The molecule has 0 saturated carbocycles. The lowest BCUT2D eigenvalue weighted by Gasteiger charge is -2.27. The van der Waals surface area contributed by atoms with Crippen LogP contribution in [0.1, 0.15) is 42.7 Å². The minimum atomic E-state index is -0.194. The van der Waals surface area contributed by atoms with Gasteiger partial charge in [0.2, 0.25) is 11.9 Å². The van der Waals surface area contributed by atoms with Crippen LogP contribution in [0.4, 0.5) is 5.95 Å². The van der Waals surface area contributed by atoms with Crippen LogP contribution < -0.4 is 25.2 Å². The van der Waals surface area contributed by atoms with E-state index in [1.165, 1.54) is 0 Å². The first-order chi connectivity index (χ1) is 15.9. The van der Waals surface area contributed by atoms with Gasteiger partial charge in [-0.2, -0.15) is 0 Å². The highest BCUT2D eigenvalue weighted by atomic mass is 16.5. The number of anilines is 1. The highest BCUT2D eigenvalue weighted by Crippen LogP contribution is 2.35. The van der Waals surface area contributed by atoms with Crippen LogP contribution >= 0.6 is 0 Å². The van der Waals surface area contributed by atoms with Crippen molar-refractivity contribution in [3.63, 3.8) is 0 Å². The maximum atomic E-state index is 12.6. The van der Waals surface area contributed by atoms with E-state index in [0.29, 0.717) is 63.1 Å². The van der Waals surface area contributed by atoms with Gasteiger partial charge in [0.25, 0.3) is 5.56 Å². The summed E-state index contributed by atoms with van der Waals surface area (Å²) in [5.41, 5.74) is 3.00. The van der Waals surface area contributed by atoms with Crippen LogP contribution in [0, 0.1) is 6.92 Å². The topological polar surface area (TPSA) is 106 Å². The molecule has 2 aliphatic rings. The Bertz CT molecular complexity index is 1060. The van der Waals surface area contributed by atoms with E-state index in [1.807, 2.05) is 37.8 Å². The maximum absolute atomic E-state index is 12.6. The number of nitrogens with one attached hydrogen (secondary N) is 2. The second kappa shape index (κ2) is 10.2. The molecule has 9 heteroatoms. The number of carbonyl (C=O) groups is 1. The standard InChI is InChI=1S/C24H32N4O5/c1-4-32-20-12-17-11-15(2)33-21(17)13-18(20)14-25-22(29)6-5-19-16(3)26-24(27-23(19)30)28-7-9-31-10-8-28/h12-13,15H,4-11,14H2,1-3H3,(H,25,29)(H,26,27,30)/t15-/m0/s1. The Morgan fingerprint density at radius 2 is 2.12 bits per heavy atom. The Kier molecular flexibility index (Phi) is 7.17. The lowest BCUT2D eigenvalue weighted by atomic mass is 10.1. The summed E-state index contributed by atoms with van der Waals surface area (Å²) in [5.74, 6) is 2.04. The molecular weight excluding hydrogens is 424 g/mol. The summed E-state index contributed by atoms with van der Waals surface area (Å²) in [7, 11) is 0. The largest absolute Gasteiger partial charge is 0.494 e. The van der Waals surface area contributed by atoms with Crippen LogP contribution in [0.15, 0.2) is 16.9 Å². The zero-order valence-electron chi connectivity index (χ0n) is 19.5. The number of aromatic nitrogens is 2. The number of nitrogens with zero attached hydrogens (tertiary/aromatic N) is 2. The number of rotatable bonds is 8. The molecule has 0 unspecified atom stereocenters. The molecule has 1 aromatic carbocycles. The van der Waals surface area contributed by atoms with Gasteiger partial charge >= 0.3 is 0 Å². The number of morpholine rings is 1. The zero-order chi connectivity index (χ0) is 23.4. The van der Waals surface area contributed by atoms with Crippen molar-refractivity contribution in [3.05, 3.63) is 44.9 Å². The molecule has 0 bridgehead atoms. The van der Waals surface area contributed by atoms with Crippen molar-refractivity contribution >= 4 is 11.9 Å². The Balaban J connectivity index is 1.36. The van der Waals surface area contributed by atoms with Gasteiger partial charge in [0, 0.05) is 54.9 Å². The van der Waals surface area contributed by atoms with Crippen LogP contribution in [0.2, 0.25) is 0 Å². The highest BCUT2D eigenvalue weighted by molar-refractivity contribution is 5.76. The molecule has 3 heterocycles. The first kappa shape index (κ1) is 23.1. The highest BCUT2D eigenvalue weighted by Gasteiger charge is 2.22. The fraction of sp³-hybridized carbons (Fsp3) is 0.542. The van der Waals surface area contributed by atoms with Crippen LogP contribution in [-0.2, 0) is 28.9 Å². The summed E-state index contributed by atoms with van der Waals surface area (Å²) in [6.45, 7) is 9.29. The van der Waals surface area contributed by atoms with Crippen molar-refractivity contribution in [2.75, 3.05) is 37.8 Å². The van der Waals surface area contributed by atoms with Gasteiger partial charge in [-0.3, -0.25) is 14.6 Å². The first-order valence-electron chi connectivity index (χ1n) is 11.6. The van der Waals surface area contributed by atoms with Crippen LogP contribution in [0.25, 0.3) is 0 Å². The second-order valence-electron chi connectivity index (χ2n) is 8.46. The molecule has 0 radical (unpaired) electrons. The smallest absolute Gasteiger partial charge is 0.255 e. The Labute approximate surface area is 193 Å². The molecule has 2 aliphatic heterocycles. The molecule has 9 nitrogen and oxygen atoms in total. The minimum Gasteiger partial charge on any atom is -0.494 e. The van der Waals surface area contributed by atoms with Crippen molar-refractivity contribution in [1.82, 2.24) is 15.3 Å². The normalized spacial score (nSPS) is 17.4. The van der Waals surface area contributed by atoms with Gasteiger partial charge in [-0.05, 0) is 39.3 Å². The molecule has 1 amide bonds. The molecule has 2 aromatic rings. The van der Waals surface area contributed by atoms with Gasteiger partial charge in [-0.25, -0.2) is 4.98 Å². The summed E-state index contributed by atoms with van der Waals surface area (Å²) in [5, 5.41) is 2.94. The lowest BCUT2D eigenvalue weighted by molar-refractivity contribution is -0.121. The van der Waals surface area contributed by atoms with Crippen LogP contribution in [-0.4, -0.2) is 54.9 Å². The SMILES string of the molecule is CCOc1cc2c(cc1CNC(=O)CCc1c(C)nc(N3CCOCC3)[nH]c1=O)O[C@@H](C)C2. The molecule has 178 valence electrons. The summed E-state index contributed by atoms with van der Waals surface area (Å²) >= 11 is 0. The number of carbonyl (C=O) groups excluding carboxylic acids is 1. The van der Waals surface area contributed by atoms with Crippen LogP contribution in [0.5, 0.6) is 11.5 Å². The van der Waals surface area contributed by atoms with E-state index in [9.17, 15) is 9.59 Å². The fourth-order valence-corrected chi connectivity index (χ4v) is 4.25. The average Bonchev–Trinajstić information content (AvgIpc) is 3.16. The predicted octanol–water partition coefficient (Wildman–Crippen LogP) is 1.89. The van der Waals surface area contributed by atoms with E-state index in [-0.39, 0.29) is 24.0 Å². The third kappa shape index (κ3) is 5.47. The van der Waals surface area contributed by atoms with Gasteiger partial charge in [-0.1, -0.05) is 0 Å². The number of ether oxygens (including phenoxy) is 3. The Morgan fingerprint density at radius 1 is 1.33 bits per heavy atom. The number of fused-ring (bicyclic) bond motifs is 1. The third-order valence-electron chi connectivity index (χ3n) is 5.98. The van der Waals surface area contributed by atoms with Gasteiger partial charge < -0.3 is 24.4 Å². The van der Waals surface area contributed by atoms with Gasteiger partial charge in [0.15, 0.2) is 0 Å². The molecule has 2 N–H and O–H groups in total. The number of H-pyrrole nitrogens is 1. The number of aryl methyl sites for hydroxylation is 1. The molecule has 1 fully saturated rings. The van der Waals surface area contributed by atoms with Gasteiger partial charge in [0.1, 0.15) is 17.6 Å². The molecule has 1 atom stereocenters. The molecule has 1 aromatic heterocycles. The van der Waals surface area contributed by atoms with Crippen LogP contribution in [0.3, 0.4) is 0 Å². The van der Waals surface area contributed by atoms with E-state index in [0.717, 1.165) is 29.0 Å². The van der Waals surface area contributed by atoms with Crippen molar-refractivity contribution < 1.29 is 19.0 Å². The molecule has 1 saturated heterocycles. The fourth-order valence-electron chi connectivity index (χ4n) is 4.25. The number of aromatic amines is 1. The molecule has 0 aliphatic carbocycles. The Hall–Kier alpha value is -3.07. The molecule has 0 spiro atoms. The lowest BCUT2D eigenvalue weighted by Crippen LogP contribution is -2.38. The second-order valence-corrected chi connectivity index (χ2v) is 8.46. The third-order valence-corrected chi connectivity index (χ3v) is 5.98. The molecular formula is C24H32N4O5. The number of benzene rings is 1. The van der Waals surface area contributed by atoms with Gasteiger partial charge in [-0.15, -0.1) is 0 Å². The van der Waals surface area contributed by atoms with E-state index in [4.69, 9.17) is 14.2 Å². The quantitative estimate of drug-likeness (QED) is 0.625. The predicted molar refractivity (Wildman–Crippen MR) is 124 cm³/mol. The minimum absolute atomic E-state index is 0.136. The average molecular weight is 457 g/mol. The van der Waals surface area contributed by atoms with E-state index < -0.39 is 0 Å². The van der Waals surface area contributed by atoms with Crippen molar-refractivity contribution in [2.45, 2.75) is 52.7 Å². The van der Waals surface area contributed by atoms with E-state index >= 15 is 0 Å².